The van der Waals surface area contributed by atoms with E-state index in [9.17, 15) is 19.5 Å². The summed E-state index contributed by atoms with van der Waals surface area (Å²) in [5, 5.41) is 13.6. The molecule has 0 bridgehead atoms. The topological polar surface area (TPSA) is 142 Å². The normalized spacial score (nSPS) is 13.0. The molecule has 1 aromatic carbocycles. The number of aliphatic hydroxyl groups is 1. The van der Waals surface area contributed by atoms with E-state index in [0.29, 0.717) is 64.4 Å². The average Bonchev–Trinajstić information content (AvgIpc) is 2.96. The zero-order valence-corrected chi connectivity index (χ0v) is 23.9. The lowest BCUT2D eigenvalue weighted by molar-refractivity contribution is 0.0656. The van der Waals surface area contributed by atoms with Gasteiger partial charge in [-0.25, -0.2) is 4.98 Å². The lowest BCUT2D eigenvalue weighted by atomic mass is 9.92. The van der Waals surface area contributed by atoms with Crippen molar-refractivity contribution in [3.05, 3.63) is 76.0 Å². The molecule has 5 rings (SSSR count). The van der Waals surface area contributed by atoms with E-state index in [0.717, 1.165) is 0 Å². The Hall–Kier alpha value is -4.77. The molecule has 0 radical (unpaired) electrons. The number of carbonyl (C=O) groups excluding carboxylic acids is 2. The summed E-state index contributed by atoms with van der Waals surface area (Å²) in [7, 11) is 3.10. The Morgan fingerprint density at radius 3 is 2.48 bits per heavy atom. The molecule has 0 aliphatic heterocycles. The summed E-state index contributed by atoms with van der Waals surface area (Å²) >= 11 is 0. The third-order valence-corrected chi connectivity index (χ3v) is 7.12. The summed E-state index contributed by atoms with van der Waals surface area (Å²) in [4.78, 5) is 48.0. The third-order valence-electron chi connectivity index (χ3n) is 7.12. The number of aromatic nitrogens is 3. The molecule has 3 heterocycles. The lowest BCUT2D eigenvalue weighted by Crippen LogP contribution is -2.36. The highest BCUT2D eigenvalue weighted by Crippen LogP contribution is 2.36. The van der Waals surface area contributed by atoms with E-state index < -0.39 is 17.1 Å². The molecule has 0 saturated heterocycles. The summed E-state index contributed by atoms with van der Waals surface area (Å²) in [6, 6.07) is 9.81. The van der Waals surface area contributed by atoms with E-state index in [4.69, 9.17) is 14.2 Å². The maximum Gasteiger partial charge on any atom is 0.263 e. The summed E-state index contributed by atoms with van der Waals surface area (Å²) in [5.41, 5.74) is -0.0537. The Bertz CT molecular complexity index is 1720. The minimum absolute atomic E-state index is 0.110. The minimum Gasteiger partial charge on any atom is -0.493 e. The zero-order chi connectivity index (χ0) is 30.0. The van der Waals surface area contributed by atoms with Gasteiger partial charge in [-0.2, -0.15) is 0 Å². The van der Waals surface area contributed by atoms with Gasteiger partial charge in [-0.05, 0) is 63.4 Å². The Balaban J connectivity index is 1.38. The van der Waals surface area contributed by atoms with E-state index in [2.05, 4.69) is 15.3 Å². The van der Waals surface area contributed by atoms with Crippen LogP contribution >= 0.6 is 0 Å². The molecule has 2 N–H and O–H groups in total. The van der Waals surface area contributed by atoms with E-state index in [1.807, 2.05) is 0 Å². The molecule has 0 saturated carbocycles. The number of nitrogens with zero attached hydrogens (tertiary/aromatic N) is 3. The number of benzene rings is 1. The van der Waals surface area contributed by atoms with Crippen LogP contribution in [0.25, 0.3) is 10.9 Å². The monoisotopic (exact) mass is 572 g/mol. The zero-order valence-electron chi connectivity index (χ0n) is 23.9. The molecule has 42 heavy (non-hydrogen) atoms. The number of amides is 1. The van der Waals surface area contributed by atoms with E-state index in [1.54, 1.807) is 64.6 Å². The number of methoxy groups -OCH3 is 2. The van der Waals surface area contributed by atoms with Crippen molar-refractivity contribution in [1.82, 2.24) is 14.5 Å². The van der Waals surface area contributed by atoms with Gasteiger partial charge >= 0.3 is 0 Å². The highest BCUT2D eigenvalue weighted by molar-refractivity contribution is 6.06. The smallest absolute Gasteiger partial charge is 0.263 e. The van der Waals surface area contributed by atoms with Crippen LogP contribution < -0.4 is 25.1 Å². The Labute approximate surface area is 242 Å². The number of carbonyl (C=O) groups is 2. The van der Waals surface area contributed by atoms with Gasteiger partial charge in [0.05, 0.1) is 31.5 Å². The molecule has 1 aliphatic carbocycles. The van der Waals surface area contributed by atoms with Crippen molar-refractivity contribution in [2.45, 2.75) is 51.7 Å². The first-order valence-electron chi connectivity index (χ1n) is 13.6. The SMILES string of the molecule is COc1cc2nccc(Oc3ccc(NC(=O)c4cc5c(n(CCC(C)(C)O)c4=O)CCCC5=O)nc3)c2cc1OC. The number of hydrogen-bond donors (Lipinski definition) is 2. The first-order valence-corrected chi connectivity index (χ1v) is 13.6. The molecule has 0 unspecified atom stereocenters. The summed E-state index contributed by atoms with van der Waals surface area (Å²) < 4.78 is 18.3. The summed E-state index contributed by atoms with van der Waals surface area (Å²) in [6.45, 7) is 3.48. The van der Waals surface area contributed by atoms with Gasteiger partial charge in [-0.3, -0.25) is 19.4 Å². The molecule has 3 aromatic heterocycles. The number of ether oxygens (including phenoxy) is 3. The number of nitrogens with one attached hydrogen (secondary N) is 1. The number of fused-ring (bicyclic) bond motifs is 2. The predicted octanol–water partition coefficient (Wildman–Crippen LogP) is 4.53. The van der Waals surface area contributed by atoms with Crippen LogP contribution in [-0.4, -0.2) is 51.2 Å². The van der Waals surface area contributed by atoms with Crippen LogP contribution in [0.15, 0.2) is 53.6 Å². The highest BCUT2D eigenvalue weighted by atomic mass is 16.5. The predicted molar refractivity (Wildman–Crippen MR) is 156 cm³/mol. The number of anilines is 1. The first kappa shape index (κ1) is 28.7. The molecule has 0 fully saturated rings. The molecule has 0 spiro atoms. The molecule has 11 nitrogen and oxygen atoms in total. The third kappa shape index (κ3) is 5.96. The van der Waals surface area contributed by atoms with Crippen molar-refractivity contribution < 1.29 is 28.9 Å². The number of pyridine rings is 3. The van der Waals surface area contributed by atoms with Crippen LogP contribution in [0, 0.1) is 0 Å². The van der Waals surface area contributed by atoms with Crippen LogP contribution in [0.4, 0.5) is 5.82 Å². The second-order valence-corrected chi connectivity index (χ2v) is 10.7. The minimum atomic E-state index is -1.02. The maximum atomic E-state index is 13.4. The summed E-state index contributed by atoms with van der Waals surface area (Å²) in [6.07, 6.45) is 4.89. The molecular weight excluding hydrogens is 540 g/mol. The van der Waals surface area contributed by atoms with Crippen LogP contribution in [0.1, 0.15) is 59.5 Å². The maximum absolute atomic E-state index is 13.4. The van der Waals surface area contributed by atoms with Gasteiger partial charge in [0.2, 0.25) is 0 Å². The second kappa shape index (κ2) is 11.6. The molecule has 11 heteroatoms. The van der Waals surface area contributed by atoms with E-state index in [-0.39, 0.29) is 30.1 Å². The molecule has 4 aromatic rings. The fourth-order valence-corrected chi connectivity index (χ4v) is 4.91. The van der Waals surface area contributed by atoms with Gasteiger partial charge in [0.15, 0.2) is 17.3 Å². The standard InChI is InChI=1S/C31H32N4O7/c1-31(2,39)11-13-35-23-6-5-7-24(36)20(23)14-21(30(35)38)29(37)34-28-9-8-18(17-33-28)42-25-10-12-32-22-16-27(41-4)26(40-3)15-19(22)25/h8-10,12,14-17,39H,5-7,11,13H2,1-4H3,(H,33,34,37). The highest BCUT2D eigenvalue weighted by Gasteiger charge is 2.26. The first-order chi connectivity index (χ1) is 20.1. The van der Waals surface area contributed by atoms with Crippen LogP contribution in [0.2, 0.25) is 0 Å². The van der Waals surface area contributed by atoms with E-state index in [1.165, 1.54) is 16.8 Å². The average molecular weight is 573 g/mol. The van der Waals surface area contributed by atoms with Crippen molar-refractivity contribution in [2.75, 3.05) is 19.5 Å². The Morgan fingerprint density at radius 2 is 1.79 bits per heavy atom. The number of hydrogen-bond acceptors (Lipinski definition) is 9. The van der Waals surface area contributed by atoms with Crippen molar-refractivity contribution in [2.24, 2.45) is 0 Å². The summed E-state index contributed by atoms with van der Waals surface area (Å²) in [5.74, 6) is 1.41. The second-order valence-electron chi connectivity index (χ2n) is 10.7. The molecular formula is C31H32N4O7. The Morgan fingerprint density at radius 1 is 1.02 bits per heavy atom. The molecule has 1 aliphatic rings. The molecule has 0 atom stereocenters. The fraction of sp³-hybridized carbons (Fsp3) is 0.323. The number of Topliss-reactive ketones (excluding diaryl/α,β-unsaturated/α-hetero) is 1. The van der Waals surface area contributed by atoms with E-state index >= 15 is 0 Å². The van der Waals surface area contributed by atoms with Gasteiger partial charge in [0, 0.05) is 41.9 Å². The van der Waals surface area contributed by atoms with Gasteiger partial charge in [0.1, 0.15) is 22.9 Å². The van der Waals surface area contributed by atoms with Crippen molar-refractivity contribution >= 4 is 28.4 Å². The van der Waals surface area contributed by atoms with Crippen LogP contribution in [0.5, 0.6) is 23.0 Å². The number of ketones is 1. The molecule has 218 valence electrons. The number of rotatable bonds is 9. The van der Waals surface area contributed by atoms with Crippen molar-refractivity contribution in [3.63, 3.8) is 0 Å². The largest absolute Gasteiger partial charge is 0.493 e. The van der Waals surface area contributed by atoms with Gasteiger partial charge < -0.3 is 29.2 Å². The van der Waals surface area contributed by atoms with Gasteiger partial charge in [-0.15, -0.1) is 0 Å². The van der Waals surface area contributed by atoms with Gasteiger partial charge in [-0.1, -0.05) is 0 Å². The van der Waals surface area contributed by atoms with Gasteiger partial charge in [0.25, 0.3) is 11.5 Å². The van der Waals surface area contributed by atoms with Crippen LogP contribution in [-0.2, 0) is 13.0 Å². The van der Waals surface area contributed by atoms with Crippen LogP contribution in [0.3, 0.4) is 0 Å². The van der Waals surface area contributed by atoms with Crippen molar-refractivity contribution in [3.8, 4) is 23.0 Å². The fourth-order valence-electron chi connectivity index (χ4n) is 4.91. The molecule has 1 amide bonds. The Kier molecular flexibility index (Phi) is 7.95. The van der Waals surface area contributed by atoms with Crippen molar-refractivity contribution in [1.29, 1.82) is 0 Å². The quantitative estimate of drug-likeness (QED) is 0.296. The lowest BCUT2D eigenvalue weighted by Gasteiger charge is -2.24.